The van der Waals surface area contributed by atoms with E-state index in [1.807, 2.05) is 43.4 Å². The van der Waals surface area contributed by atoms with E-state index >= 15 is 0 Å². The number of benzene rings is 1. The largest absolute Gasteiger partial charge is 0.432 e. The SMILES string of the molecule is CC(C)(CCC[C@@H](O)[C@H](O)Cc1ccccc1)[Si](C)(C)O. The Kier molecular flexibility index (Phi) is 6.59. The van der Waals surface area contributed by atoms with Crippen molar-refractivity contribution in [2.24, 2.45) is 0 Å². The van der Waals surface area contributed by atoms with E-state index in [4.69, 9.17) is 0 Å². The molecule has 1 rings (SSSR count). The van der Waals surface area contributed by atoms with Gasteiger partial charge in [0.25, 0.3) is 0 Å². The second kappa shape index (κ2) is 7.54. The maximum Gasteiger partial charge on any atom is 0.188 e. The lowest BCUT2D eigenvalue weighted by atomic mass is 9.97. The molecule has 0 radical (unpaired) electrons. The van der Waals surface area contributed by atoms with Crippen LogP contribution in [0.2, 0.25) is 18.1 Å². The highest BCUT2D eigenvalue weighted by Gasteiger charge is 2.37. The second-order valence-electron chi connectivity index (χ2n) is 7.16. The lowest BCUT2D eigenvalue weighted by molar-refractivity contribution is 0.0133. The molecular formula is C17H30O3Si. The lowest BCUT2D eigenvalue weighted by Gasteiger charge is -2.35. The minimum absolute atomic E-state index is 0.0723. The molecule has 1 aromatic carbocycles. The summed E-state index contributed by atoms with van der Waals surface area (Å²) < 4.78 is 0. The summed E-state index contributed by atoms with van der Waals surface area (Å²) in [6, 6.07) is 9.72. The van der Waals surface area contributed by atoms with Crippen LogP contribution in [0.3, 0.4) is 0 Å². The Morgan fingerprint density at radius 1 is 1.05 bits per heavy atom. The zero-order chi connectivity index (χ0) is 16.1. The second-order valence-corrected chi connectivity index (χ2v) is 11.6. The zero-order valence-corrected chi connectivity index (χ0v) is 14.7. The fourth-order valence-electron chi connectivity index (χ4n) is 2.24. The van der Waals surface area contributed by atoms with E-state index in [0.29, 0.717) is 12.8 Å². The third kappa shape index (κ3) is 5.91. The molecule has 0 amide bonds. The van der Waals surface area contributed by atoms with Crippen molar-refractivity contribution in [2.45, 2.75) is 69.9 Å². The van der Waals surface area contributed by atoms with E-state index in [0.717, 1.165) is 18.4 Å². The van der Waals surface area contributed by atoms with Crippen LogP contribution in [0.15, 0.2) is 30.3 Å². The highest BCUT2D eigenvalue weighted by atomic mass is 28.4. The highest BCUT2D eigenvalue weighted by molar-refractivity contribution is 6.72. The summed E-state index contributed by atoms with van der Waals surface area (Å²) in [6.45, 7) is 8.08. The van der Waals surface area contributed by atoms with Crippen molar-refractivity contribution in [2.75, 3.05) is 0 Å². The lowest BCUT2D eigenvalue weighted by Crippen LogP contribution is -2.39. The van der Waals surface area contributed by atoms with Gasteiger partial charge in [0.15, 0.2) is 8.32 Å². The average Bonchev–Trinajstić information content (AvgIpc) is 2.38. The fourth-order valence-corrected chi connectivity index (χ4v) is 3.03. The van der Waals surface area contributed by atoms with E-state index in [2.05, 4.69) is 13.8 Å². The minimum Gasteiger partial charge on any atom is -0.432 e. The standard InChI is InChI=1S/C17H30O3Si/c1-17(2,21(3,4)20)12-8-11-15(18)16(19)13-14-9-6-5-7-10-14/h5-7,9-10,15-16,18-20H,8,11-13H2,1-4H3/t15-,16-/m1/s1. The van der Waals surface area contributed by atoms with Crippen LogP contribution in [-0.2, 0) is 6.42 Å². The molecule has 0 aromatic heterocycles. The van der Waals surface area contributed by atoms with Gasteiger partial charge < -0.3 is 15.0 Å². The van der Waals surface area contributed by atoms with Gasteiger partial charge >= 0.3 is 0 Å². The molecule has 3 N–H and O–H groups in total. The highest BCUT2D eigenvalue weighted by Crippen LogP contribution is 2.40. The molecule has 0 aliphatic rings. The smallest absolute Gasteiger partial charge is 0.188 e. The van der Waals surface area contributed by atoms with Crippen molar-refractivity contribution >= 4 is 8.32 Å². The third-order valence-electron chi connectivity index (χ3n) is 4.69. The van der Waals surface area contributed by atoms with Crippen LogP contribution in [0.25, 0.3) is 0 Å². The van der Waals surface area contributed by atoms with Gasteiger partial charge in [0.05, 0.1) is 12.2 Å². The minimum atomic E-state index is -2.19. The predicted octanol–water partition coefficient (Wildman–Crippen LogP) is 3.10. The summed E-state index contributed by atoms with van der Waals surface area (Å²) in [5.74, 6) is 0. The zero-order valence-electron chi connectivity index (χ0n) is 13.7. The molecule has 0 unspecified atom stereocenters. The quantitative estimate of drug-likeness (QED) is 0.647. The number of hydrogen-bond donors (Lipinski definition) is 3. The Morgan fingerprint density at radius 2 is 1.62 bits per heavy atom. The van der Waals surface area contributed by atoms with Gasteiger partial charge in [0.1, 0.15) is 0 Å². The molecule has 0 fully saturated rings. The first-order chi connectivity index (χ1) is 9.63. The number of aliphatic hydroxyl groups is 2. The van der Waals surface area contributed by atoms with Crippen LogP contribution in [-0.4, -0.2) is 35.5 Å². The maximum atomic E-state index is 10.2. The van der Waals surface area contributed by atoms with E-state index < -0.39 is 20.5 Å². The van der Waals surface area contributed by atoms with Crippen LogP contribution in [0.4, 0.5) is 0 Å². The number of hydrogen-bond acceptors (Lipinski definition) is 3. The fraction of sp³-hybridized carbons (Fsp3) is 0.647. The van der Waals surface area contributed by atoms with Gasteiger partial charge in [0.2, 0.25) is 0 Å². The van der Waals surface area contributed by atoms with Gasteiger partial charge in [-0.25, -0.2) is 0 Å². The first-order valence-electron chi connectivity index (χ1n) is 7.76. The molecule has 120 valence electrons. The van der Waals surface area contributed by atoms with Crippen LogP contribution < -0.4 is 0 Å². The Morgan fingerprint density at radius 3 is 2.14 bits per heavy atom. The molecule has 21 heavy (non-hydrogen) atoms. The Labute approximate surface area is 129 Å². The topological polar surface area (TPSA) is 60.7 Å². The normalized spacial score (nSPS) is 15.8. The van der Waals surface area contributed by atoms with Gasteiger partial charge in [-0.3, -0.25) is 0 Å². The molecule has 2 atom stereocenters. The van der Waals surface area contributed by atoms with Gasteiger partial charge in [-0.05, 0) is 36.5 Å². The third-order valence-corrected chi connectivity index (χ3v) is 8.25. The molecule has 0 spiro atoms. The Bertz CT molecular complexity index is 412. The van der Waals surface area contributed by atoms with E-state index in [-0.39, 0.29) is 5.04 Å². The number of rotatable bonds is 8. The van der Waals surface area contributed by atoms with E-state index in [1.165, 1.54) is 0 Å². The maximum absolute atomic E-state index is 10.2. The number of aliphatic hydroxyl groups excluding tert-OH is 2. The van der Waals surface area contributed by atoms with Crippen molar-refractivity contribution in [3.8, 4) is 0 Å². The van der Waals surface area contributed by atoms with Gasteiger partial charge in [0, 0.05) is 6.42 Å². The first kappa shape index (κ1) is 18.4. The average molecular weight is 311 g/mol. The van der Waals surface area contributed by atoms with Crippen LogP contribution in [0, 0.1) is 0 Å². The van der Waals surface area contributed by atoms with E-state index in [9.17, 15) is 15.0 Å². The Hall–Kier alpha value is -0.683. The van der Waals surface area contributed by atoms with Crippen LogP contribution in [0.1, 0.15) is 38.7 Å². The molecule has 1 aromatic rings. The summed E-state index contributed by atoms with van der Waals surface area (Å²) >= 11 is 0. The molecule has 0 heterocycles. The molecule has 3 nitrogen and oxygen atoms in total. The molecule has 0 saturated heterocycles. The molecule has 0 aliphatic carbocycles. The van der Waals surface area contributed by atoms with Crippen molar-refractivity contribution in [3.63, 3.8) is 0 Å². The van der Waals surface area contributed by atoms with E-state index in [1.54, 1.807) is 0 Å². The summed E-state index contributed by atoms with van der Waals surface area (Å²) in [4.78, 5) is 10.2. The summed E-state index contributed by atoms with van der Waals surface area (Å²) in [5.41, 5.74) is 1.04. The van der Waals surface area contributed by atoms with Gasteiger partial charge in [-0.1, -0.05) is 50.6 Å². The monoisotopic (exact) mass is 310 g/mol. The van der Waals surface area contributed by atoms with Crippen molar-refractivity contribution in [1.29, 1.82) is 0 Å². The summed E-state index contributed by atoms with van der Waals surface area (Å²) in [5, 5.41) is 20.1. The Balaban J connectivity index is 2.38. The van der Waals surface area contributed by atoms with Gasteiger partial charge in [-0.15, -0.1) is 0 Å². The molecule has 0 saturated carbocycles. The molecule has 4 heteroatoms. The molecule has 0 bridgehead atoms. The van der Waals surface area contributed by atoms with Crippen molar-refractivity contribution in [3.05, 3.63) is 35.9 Å². The summed E-state index contributed by atoms with van der Waals surface area (Å²) in [6.07, 6.45) is 1.31. The summed E-state index contributed by atoms with van der Waals surface area (Å²) in [7, 11) is -2.19. The van der Waals surface area contributed by atoms with Crippen molar-refractivity contribution < 1.29 is 15.0 Å². The van der Waals surface area contributed by atoms with Crippen LogP contribution >= 0.6 is 0 Å². The first-order valence-corrected chi connectivity index (χ1v) is 10.7. The van der Waals surface area contributed by atoms with Crippen LogP contribution in [0.5, 0.6) is 0 Å². The molecule has 0 aliphatic heterocycles. The van der Waals surface area contributed by atoms with Crippen molar-refractivity contribution in [1.82, 2.24) is 0 Å². The predicted molar refractivity (Wildman–Crippen MR) is 89.8 cm³/mol. The molecular weight excluding hydrogens is 280 g/mol. The van der Waals surface area contributed by atoms with Gasteiger partial charge in [-0.2, -0.15) is 0 Å².